The molecule has 5 atom stereocenters. The summed E-state index contributed by atoms with van der Waals surface area (Å²) in [4.78, 5) is 57.1. The van der Waals surface area contributed by atoms with Gasteiger partial charge in [0.05, 0.1) is 11.6 Å². The highest BCUT2D eigenvalue weighted by Crippen LogP contribution is 2.25. The number of hydrazine groups is 1. The van der Waals surface area contributed by atoms with Gasteiger partial charge in [0, 0.05) is 18.1 Å². The Bertz CT molecular complexity index is 1310. The van der Waals surface area contributed by atoms with Crippen LogP contribution < -0.4 is 16.1 Å². The van der Waals surface area contributed by atoms with Gasteiger partial charge >= 0.3 is 5.97 Å². The third-order valence-electron chi connectivity index (χ3n) is 7.52. The minimum atomic E-state index is -0.869. The second-order valence-corrected chi connectivity index (χ2v) is 10.9. The van der Waals surface area contributed by atoms with Gasteiger partial charge in [-0.15, -0.1) is 0 Å². The molecule has 10 nitrogen and oxygen atoms in total. The van der Waals surface area contributed by atoms with E-state index in [2.05, 4.69) is 21.0 Å². The highest BCUT2D eigenvalue weighted by molar-refractivity contribution is 5.93. The van der Waals surface area contributed by atoms with Crippen molar-refractivity contribution in [3.63, 3.8) is 0 Å². The lowest BCUT2D eigenvalue weighted by atomic mass is 9.99. The summed E-state index contributed by atoms with van der Waals surface area (Å²) in [5, 5.41) is 8.86. The molecule has 1 aromatic carbocycles. The van der Waals surface area contributed by atoms with Crippen molar-refractivity contribution < 1.29 is 23.9 Å². The van der Waals surface area contributed by atoms with E-state index in [1.807, 2.05) is 52.0 Å². The summed E-state index contributed by atoms with van der Waals surface area (Å²) in [6, 6.07) is 5.35. The van der Waals surface area contributed by atoms with Crippen LogP contribution >= 0.6 is 0 Å². The number of hydrogen-bond donors (Lipinski definition) is 3. The molecule has 2 aromatic rings. The molecule has 1 saturated heterocycles. The van der Waals surface area contributed by atoms with Gasteiger partial charge in [-0.2, -0.15) is 0 Å². The lowest BCUT2D eigenvalue weighted by molar-refractivity contribution is -0.157. The molecule has 3 amide bonds. The average Bonchev–Trinajstić information content (AvgIpc) is 2.94. The number of rotatable bonds is 2. The molecule has 3 heterocycles. The summed E-state index contributed by atoms with van der Waals surface area (Å²) >= 11 is 0. The van der Waals surface area contributed by atoms with Crippen molar-refractivity contribution in [1.29, 1.82) is 0 Å². The van der Waals surface area contributed by atoms with E-state index in [1.165, 1.54) is 5.01 Å². The Kier molecular flexibility index (Phi) is 9.19. The number of amides is 3. The van der Waals surface area contributed by atoms with E-state index in [-0.39, 0.29) is 17.7 Å². The first-order valence-corrected chi connectivity index (χ1v) is 14.0. The second kappa shape index (κ2) is 12.6. The van der Waals surface area contributed by atoms with E-state index in [1.54, 1.807) is 25.3 Å². The zero-order chi connectivity index (χ0) is 29.0. The molecule has 5 bridgehead atoms. The highest BCUT2D eigenvalue weighted by Gasteiger charge is 2.34. The monoisotopic (exact) mass is 549 g/mol. The maximum absolute atomic E-state index is 13.2. The van der Waals surface area contributed by atoms with Crippen LogP contribution in [0.4, 0.5) is 0 Å². The number of nitrogens with one attached hydrogen (secondary N) is 3. The normalized spacial score (nSPS) is 27.8. The molecular weight excluding hydrogens is 510 g/mol. The molecule has 2 aliphatic heterocycles. The Morgan fingerprint density at radius 3 is 2.55 bits per heavy atom. The molecule has 3 N–H and O–H groups in total. The fourth-order valence-electron chi connectivity index (χ4n) is 4.98. The molecule has 40 heavy (non-hydrogen) atoms. The van der Waals surface area contributed by atoms with E-state index in [0.29, 0.717) is 31.5 Å². The van der Waals surface area contributed by atoms with Crippen LogP contribution in [0.5, 0.6) is 0 Å². The van der Waals surface area contributed by atoms with Crippen molar-refractivity contribution in [2.24, 2.45) is 11.8 Å². The topological polar surface area (TPSA) is 130 Å². The van der Waals surface area contributed by atoms with Crippen LogP contribution in [0.3, 0.4) is 0 Å². The quantitative estimate of drug-likeness (QED) is 0.491. The summed E-state index contributed by atoms with van der Waals surface area (Å²) < 4.78 is 5.80. The molecule has 214 valence electrons. The maximum atomic E-state index is 13.2. The van der Waals surface area contributed by atoms with E-state index < -0.39 is 42.0 Å². The summed E-state index contributed by atoms with van der Waals surface area (Å²) in [5.41, 5.74) is 4.50. The van der Waals surface area contributed by atoms with Crippen molar-refractivity contribution in [2.75, 3.05) is 6.54 Å². The Labute approximate surface area is 234 Å². The Morgan fingerprint density at radius 1 is 1.05 bits per heavy atom. The van der Waals surface area contributed by atoms with E-state index in [9.17, 15) is 19.2 Å². The number of hydrogen-bond acceptors (Lipinski definition) is 7. The number of carbonyl (C=O) groups is 4. The molecule has 1 unspecified atom stereocenters. The van der Waals surface area contributed by atoms with Gasteiger partial charge in [0.25, 0.3) is 5.91 Å². The molecule has 0 spiro atoms. The third-order valence-corrected chi connectivity index (χ3v) is 7.52. The van der Waals surface area contributed by atoms with Crippen molar-refractivity contribution in [3.05, 3.63) is 47.8 Å². The smallest absolute Gasteiger partial charge is 0.325 e. The summed E-state index contributed by atoms with van der Waals surface area (Å²) in [6.07, 6.45) is 6.52. The third kappa shape index (κ3) is 6.67. The largest absolute Gasteiger partial charge is 0.457 e. The van der Waals surface area contributed by atoms with Gasteiger partial charge in [-0.05, 0) is 68.2 Å². The van der Waals surface area contributed by atoms with Crippen LogP contribution in [0.2, 0.25) is 0 Å². The lowest BCUT2D eigenvalue weighted by Gasteiger charge is -2.35. The molecule has 2 aliphatic rings. The van der Waals surface area contributed by atoms with Crippen LogP contribution in [0, 0.1) is 11.8 Å². The van der Waals surface area contributed by atoms with E-state index >= 15 is 0 Å². The SMILES string of the molecule is CC[C@@H]1/C=C/c2cc3cc(ccc3cn2)[C@@H](C)OC(=O)[C@@H]2CCCN(N2)C(=O)C(C)NC(=O)[C@H](C(C)C)NC1=O. The van der Waals surface area contributed by atoms with Gasteiger partial charge in [-0.3, -0.25) is 29.2 Å². The number of esters is 1. The predicted octanol–water partition coefficient (Wildman–Crippen LogP) is 3.03. The summed E-state index contributed by atoms with van der Waals surface area (Å²) in [6.45, 7) is 9.39. The van der Waals surface area contributed by atoms with Gasteiger partial charge in [0.2, 0.25) is 11.8 Å². The predicted molar refractivity (Wildman–Crippen MR) is 151 cm³/mol. The summed E-state index contributed by atoms with van der Waals surface area (Å²) in [7, 11) is 0. The number of aromatic nitrogens is 1. The van der Waals surface area contributed by atoms with Crippen molar-refractivity contribution in [2.45, 2.75) is 78.1 Å². The van der Waals surface area contributed by atoms with Crippen LogP contribution in [0.25, 0.3) is 16.8 Å². The number of carbonyl (C=O) groups excluding carboxylic acids is 4. The highest BCUT2D eigenvalue weighted by atomic mass is 16.5. The Hall–Kier alpha value is -3.79. The summed E-state index contributed by atoms with van der Waals surface area (Å²) in [5.74, 6) is -2.21. The van der Waals surface area contributed by atoms with E-state index in [0.717, 1.165) is 16.3 Å². The van der Waals surface area contributed by atoms with Gasteiger partial charge in [-0.1, -0.05) is 39.0 Å². The number of cyclic esters (lactones) is 1. The van der Waals surface area contributed by atoms with Crippen molar-refractivity contribution >= 4 is 40.5 Å². The minimum absolute atomic E-state index is 0.208. The second-order valence-electron chi connectivity index (χ2n) is 10.9. The number of pyridine rings is 1. The van der Waals surface area contributed by atoms with Crippen LogP contribution in [0.15, 0.2) is 36.5 Å². The molecule has 10 heteroatoms. The Morgan fingerprint density at radius 2 is 1.82 bits per heavy atom. The number of nitrogens with zero attached hydrogens (tertiary/aromatic N) is 2. The van der Waals surface area contributed by atoms with Crippen molar-refractivity contribution in [3.8, 4) is 0 Å². The molecule has 0 radical (unpaired) electrons. The fourth-order valence-corrected chi connectivity index (χ4v) is 4.98. The van der Waals surface area contributed by atoms with Crippen LogP contribution in [-0.2, 0) is 23.9 Å². The minimum Gasteiger partial charge on any atom is -0.457 e. The molecule has 0 aliphatic carbocycles. The van der Waals surface area contributed by atoms with Gasteiger partial charge in [0.15, 0.2) is 0 Å². The number of ether oxygens (including phenoxy) is 1. The zero-order valence-corrected chi connectivity index (χ0v) is 23.8. The fraction of sp³-hybridized carbons (Fsp3) is 0.500. The Balaban J connectivity index is 1.69. The van der Waals surface area contributed by atoms with Gasteiger partial charge in [0.1, 0.15) is 24.2 Å². The number of fused-ring (bicyclic) bond motifs is 4. The first-order valence-electron chi connectivity index (χ1n) is 14.0. The average molecular weight is 550 g/mol. The molecular formula is C30H39N5O5. The lowest BCUT2D eigenvalue weighted by Crippen LogP contribution is -2.61. The molecule has 1 fully saturated rings. The maximum Gasteiger partial charge on any atom is 0.325 e. The van der Waals surface area contributed by atoms with Crippen molar-refractivity contribution in [1.82, 2.24) is 26.1 Å². The molecule has 1 aromatic heterocycles. The number of benzene rings is 1. The van der Waals surface area contributed by atoms with Crippen LogP contribution in [-0.4, -0.2) is 58.4 Å². The standard InChI is InChI=1S/C30H39N5O5/c1-6-20-11-12-24-15-23-14-21(9-10-22(23)16-31-24)19(5)40-30(39)25-8-7-13-35(34-25)29(38)18(4)32-28(37)26(17(2)3)33-27(20)36/h9-12,14-20,25-26,34H,6-8,13H2,1-5H3,(H,32,37)(H,33,36)/b12-11+/t18?,19-,20-,25+,26+/m1/s1. The van der Waals surface area contributed by atoms with Gasteiger partial charge < -0.3 is 15.4 Å². The molecule has 0 saturated carbocycles. The first-order chi connectivity index (χ1) is 19.1. The first kappa shape index (κ1) is 29.2. The van der Waals surface area contributed by atoms with E-state index in [4.69, 9.17) is 4.74 Å². The molecule has 4 rings (SSSR count). The van der Waals surface area contributed by atoms with Crippen LogP contribution in [0.1, 0.15) is 71.2 Å². The zero-order valence-electron chi connectivity index (χ0n) is 23.8. The van der Waals surface area contributed by atoms with Gasteiger partial charge in [-0.25, -0.2) is 5.43 Å².